The minimum Gasteiger partial charge on any atom is -0.508 e. The predicted molar refractivity (Wildman–Crippen MR) is 92.5 cm³/mol. The summed E-state index contributed by atoms with van der Waals surface area (Å²) < 4.78 is 13.0. The summed E-state index contributed by atoms with van der Waals surface area (Å²) in [5, 5.41) is 20.0. The van der Waals surface area contributed by atoms with Gasteiger partial charge in [0.15, 0.2) is 0 Å². The maximum atomic E-state index is 13.0. The molecule has 3 rings (SSSR count). The van der Waals surface area contributed by atoms with E-state index >= 15 is 0 Å². The lowest BCUT2D eigenvalue weighted by atomic mass is 9.87. The predicted octanol–water partition coefficient (Wildman–Crippen LogP) is 3.05. The highest BCUT2D eigenvalue weighted by molar-refractivity contribution is 5.79. The number of likely N-dealkylation sites (tertiary alicyclic amines) is 1. The highest BCUT2D eigenvalue weighted by atomic mass is 19.1. The molecule has 1 aliphatic heterocycles. The molecule has 4 nitrogen and oxygen atoms in total. The Labute approximate surface area is 146 Å². The Morgan fingerprint density at radius 3 is 2.48 bits per heavy atom. The number of benzene rings is 2. The Balaban J connectivity index is 1.54. The molecule has 5 heteroatoms. The molecule has 1 aliphatic rings. The van der Waals surface area contributed by atoms with Crippen molar-refractivity contribution < 1.29 is 19.4 Å². The zero-order chi connectivity index (χ0) is 17.8. The molecular formula is C20H22FNO3. The van der Waals surface area contributed by atoms with E-state index in [4.69, 9.17) is 0 Å². The van der Waals surface area contributed by atoms with Crippen LogP contribution in [0.2, 0.25) is 0 Å². The molecule has 0 aliphatic carbocycles. The third kappa shape index (κ3) is 4.37. The summed E-state index contributed by atoms with van der Waals surface area (Å²) >= 11 is 0. The topological polar surface area (TPSA) is 60.8 Å². The second-order valence-electron chi connectivity index (χ2n) is 6.56. The van der Waals surface area contributed by atoms with Crippen LogP contribution in [0.5, 0.6) is 5.75 Å². The number of phenols is 1. The fourth-order valence-corrected chi connectivity index (χ4v) is 3.35. The number of hydrogen-bond acceptors (Lipinski definition) is 3. The Kier molecular flexibility index (Phi) is 5.34. The van der Waals surface area contributed by atoms with Crippen molar-refractivity contribution in [1.82, 2.24) is 4.90 Å². The van der Waals surface area contributed by atoms with E-state index in [-0.39, 0.29) is 29.8 Å². The van der Waals surface area contributed by atoms with Gasteiger partial charge >= 0.3 is 0 Å². The van der Waals surface area contributed by atoms with Crippen LogP contribution in [0, 0.1) is 11.7 Å². The van der Waals surface area contributed by atoms with E-state index in [1.807, 2.05) is 6.07 Å². The lowest BCUT2D eigenvalue weighted by Crippen LogP contribution is -2.40. The minimum atomic E-state index is -0.635. The Bertz CT molecular complexity index is 724. The van der Waals surface area contributed by atoms with Gasteiger partial charge in [0, 0.05) is 13.1 Å². The second kappa shape index (κ2) is 7.66. The smallest absolute Gasteiger partial charge is 0.226 e. The molecule has 0 radical (unpaired) electrons. The molecule has 1 fully saturated rings. The SMILES string of the molecule is O=C(Cc1cccc(O)c1)N1CCC(C(O)c2ccc(F)cc2)CC1. The van der Waals surface area contributed by atoms with E-state index < -0.39 is 6.10 Å². The third-order valence-corrected chi connectivity index (χ3v) is 4.82. The Morgan fingerprint density at radius 2 is 1.84 bits per heavy atom. The number of carbonyl (C=O) groups excluding carboxylic acids is 1. The molecule has 2 N–H and O–H groups in total. The number of aliphatic hydroxyl groups is 1. The van der Waals surface area contributed by atoms with Gasteiger partial charge in [-0.15, -0.1) is 0 Å². The molecule has 1 unspecified atom stereocenters. The van der Waals surface area contributed by atoms with Crippen molar-refractivity contribution in [3.63, 3.8) is 0 Å². The molecular weight excluding hydrogens is 321 g/mol. The van der Waals surface area contributed by atoms with E-state index in [0.29, 0.717) is 31.5 Å². The van der Waals surface area contributed by atoms with Gasteiger partial charge in [-0.3, -0.25) is 4.79 Å². The average Bonchev–Trinajstić information content (AvgIpc) is 2.62. The maximum absolute atomic E-state index is 13.0. The average molecular weight is 343 g/mol. The minimum absolute atomic E-state index is 0.0281. The quantitative estimate of drug-likeness (QED) is 0.897. The number of phenolic OH excluding ortho intramolecular Hbond substituents is 1. The van der Waals surface area contributed by atoms with Gasteiger partial charge in [0.05, 0.1) is 12.5 Å². The van der Waals surface area contributed by atoms with E-state index in [1.165, 1.54) is 12.1 Å². The van der Waals surface area contributed by atoms with Crippen LogP contribution in [0.1, 0.15) is 30.1 Å². The summed E-state index contributed by atoms with van der Waals surface area (Å²) in [4.78, 5) is 14.2. The van der Waals surface area contributed by atoms with Crippen molar-refractivity contribution >= 4 is 5.91 Å². The fourth-order valence-electron chi connectivity index (χ4n) is 3.35. The zero-order valence-electron chi connectivity index (χ0n) is 13.9. The van der Waals surface area contributed by atoms with Gasteiger partial charge < -0.3 is 15.1 Å². The highest BCUT2D eigenvalue weighted by Gasteiger charge is 2.28. The van der Waals surface area contributed by atoms with Crippen molar-refractivity contribution in [2.24, 2.45) is 5.92 Å². The summed E-state index contributed by atoms with van der Waals surface area (Å²) in [5.74, 6) is -0.0645. The van der Waals surface area contributed by atoms with Crippen molar-refractivity contribution in [2.75, 3.05) is 13.1 Å². The number of halogens is 1. The molecule has 0 saturated carbocycles. The van der Waals surface area contributed by atoms with Gasteiger partial charge in [-0.05, 0) is 54.2 Å². The first kappa shape index (κ1) is 17.4. The number of rotatable bonds is 4. The van der Waals surface area contributed by atoms with E-state index in [0.717, 1.165) is 5.56 Å². The number of amides is 1. The van der Waals surface area contributed by atoms with Crippen LogP contribution in [-0.2, 0) is 11.2 Å². The lowest BCUT2D eigenvalue weighted by Gasteiger charge is -2.34. The maximum Gasteiger partial charge on any atom is 0.226 e. The molecule has 1 amide bonds. The Hall–Kier alpha value is -2.40. The number of aliphatic hydroxyl groups excluding tert-OH is 1. The molecule has 1 atom stereocenters. The highest BCUT2D eigenvalue weighted by Crippen LogP contribution is 2.31. The third-order valence-electron chi connectivity index (χ3n) is 4.82. The number of piperidine rings is 1. The zero-order valence-corrected chi connectivity index (χ0v) is 13.9. The molecule has 2 aromatic rings. The van der Waals surface area contributed by atoms with Crippen molar-refractivity contribution in [1.29, 1.82) is 0 Å². The fraction of sp³-hybridized carbons (Fsp3) is 0.350. The molecule has 25 heavy (non-hydrogen) atoms. The van der Waals surface area contributed by atoms with Crippen LogP contribution in [0.4, 0.5) is 4.39 Å². The van der Waals surface area contributed by atoms with Gasteiger partial charge in [-0.25, -0.2) is 4.39 Å². The van der Waals surface area contributed by atoms with Gasteiger partial charge in [0.2, 0.25) is 5.91 Å². The summed E-state index contributed by atoms with van der Waals surface area (Å²) in [5.41, 5.74) is 1.50. The lowest BCUT2D eigenvalue weighted by molar-refractivity contribution is -0.132. The molecule has 1 heterocycles. The number of hydrogen-bond donors (Lipinski definition) is 2. The molecule has 132 valence electrons. The van der Waals surface area contributed by atoms with E-state index in [2.05, 4.69) is 0 Å². The summed E-state index contributed by atoms with van der Waals surface area (Å²) in [6, 6.07) is 12.7. The van der Waals surface area contributed by atoms with Crippen molar-refractivity contribution in [3.8, 4) is 5.75 Å². The first-order valence-corrected chi connectivity index (χ1v) is 8.52. The van der Waals surface area contributed by atoms with E-state index in [9.17, 15) is 19.4 Å². The van der Waals surface area contributed by atoms with Crippen molar-refractivity contribution in [2.45, 2.75) is 25.4 Å². The summed E-state index contributed by atoms with van der Waals surface area (Å²) in [6.07, 6.45) is 1.05. The normalized spacial score (nSPS) is 16.6. The van der Waals surface area contributed by atoms with Crippen LogP contribution >= 0.6 is 0 Å². The summed E-state index contributed by atoms with van der Waals surface area (Å²) in [6.45, 7) is 1.20. The van der Waals surface area contributed by atoms with Gasteiger partial charge in [-0.2, -0.15) is 0 Å². The van der Waals surface area contributed by atoms with Crippen LogP contribution < -0.4 is 0 Å². The first-order valence-electron chi connectivity index (χ1n) is 8.52. The van der Waals surface area contributed by atoms with Crippen LogP contribution in [0.3, 0.4) is 0 Å². The largest absolute Gasteiger partial charge is 0.508 e. The molecule has 1 saturated heterocycles. The van der Waals surface area contributed by atoms with Crippen LogP contribution in [-0.4, -0.2) is 34.1 Å². The van der Waals surface area contributed by atoms with Gasteiger partial charge in [0.25, 0.3) is 0 Å². The Morgan fingerprint density at radius 1 is 1.16 bits per heavy atom. The van der Waals surface area contributed by atoms with Gasteiger partial charge in [-0.1, -0.05) is 24.3 Å². The number of carbonyl (C=O) groups is 1. The first-order chi connectivity index (χ1) is 12.0. The monoisotopic (exact) mass is 343 g/mol. The van der Waals surface area contributed by atoms with Crippen LogP contribution in [0.15, 0.2) is 48.5 Å². The standard InChI is InChI=1S/C20H22FNO3/c21-17-6-4-15(5-7-17)20(25)16-8-10-22(11-9-16)19(24)13-14-2-1-3-18(23)12-14/h1-7,12,16,20,23,25H,8-11,13H2. The molecule has 0 aromatic heterocycles. The summed E-state index contributed by atoms with van der Waals surface area (Å²) in [7, 11) is 0. The second-order valence-corrected chi connectivity index (χ2v) is 6.56. The number of nitrogens with zero attached hydrogens (tertiary/aromatic N) is 1. The molecule has 0 spiro atoms. The number of aromatic hydroxyl groups is 1. The molecule has 2 aromatic carbocycles. The van der Waals surface area contributed by atoms with Crippen molar-refractivity contribution in [3.05, 3.63) is 65.5 Å². The van der Waals surface area contributed by atoms with Crippen LogP contribution in [0.25, 0.3) is 0 Å². The molecule has 0 bridgehead atoms. The van der Waals surface area contributed by atoms with E-state index in [1.54, 1.807) is 35.2 Å². The van der Waals surface area contributed by atoms with Gasteiger partial charge in [0.1, 0.15) is 11.6 Å².